The Balaban J connectivity index is 2.03. The summed E-state index contributed by atoms with van der Waals surface area (Å²) in [4.78, 5) is 0. The molecule has 0 aliphatic heterocycles. The van der Waals surface area contributed by atoms with E-state index in [1.165, 1.54) is 0 Å². The maximum atomic E-state index is 10.4. The summed E-state index contributed by atoms with van der Waals surface area (Å²) >= 11 is 6.30. The van der Waals surface area contributed by atoms with E-state index in [9.17, 15) is 5.11 Å². The van der Waals surface area contributed by atoms with Crippen molar-refractivity contribution in [2.45, 2.75) is 39.5 Å². The van der Waals surface area contributed by atoms with Gasteiger partial charge in [-0.15, -0.1) is 10.2 Å². The molecule has 158 valence electrons. The van der Waals surface area contributed by atoms with E-state index in [-0.39, 0.29) is 5.75 Å². The van der Waals surface area contributed by atoms with Crippen LogP contribution >= 0.6 is 11.6 Å². The van der Waals surface area contributed by atoms with Crippen LogP contribution in [0.2, 0.25) is 5.02 Å². The van der Waals surface area contributed by atoms with Crippen LogP contribution in [-0.4, -0.2) is 18.3 Å². The fraction of sp³-hybridized carbons (Fsp3) is 0.333. The molecular formula is C24H27ClN2O3. The van der Waals surface area contributed by atoms with Crippen molar-refractivity contribution in [2.75, 3.05) is 13.2 Å². The monoisotopic (exact) mass is 426 g/mol. The third-order valence-corrected chi connectivity index (χ3v) is 4.86. The van der Waals surface area contributed by atoms with Gasteiger partial charge < -0.3 is 14.6 Å². The van der Waals surface area contributed by atoms with Crippen LogP contribution in [0.3, 0.4) is 0 Å². The Morgan fingerprint density at radius 2 is 1.43 bits per heavy atom. The van der Waals surface area contributed by atoms with Crippen LogP contribution in [0.25, 0.3) is 10.8 Å². The largest absolute Gasteiger partial charge is 0.506 e. The maximum absolute atomic E-state index is 10.4. The molecule has 0 saturated heterocycles. The van der Waals surface area contributed by atoms with Gasteiger partial charge in [-0.2, -0.15) is 0 Å². The molecule has 3 rings (SSSR count). The van der Waals surface area contributed by atoms with E-state index in [4.69, 9.17) is 21.1 Å². The smallest absolute Gasteiger partial charge is 0.169 e. The molecule has 0 atom stereocenters. The molecule has 0 saturated carbocycles. The molecule has 0 radical (unpaired) electrons. The van der Waals surface area contributed by atoms with Gasteiger partial charge in [-0.05, 0) is 24.3 Å². The molecule has 0 aliphatic carbocycles. The van der Waals surface area contributed by atoms with Gasteiger partial charge in [-0.25, -0.2) is 0 Å². The van der Waals surface area contributed by atoms with Crippen molar-refractivity contribution in [1.29, 1.82) is 0 Å². The van der Waals surface area contributed by atoms with Crippen LogP contribution in [0.15, 0.2) is 58.8 Å². The zero-order chi connectivity index (χ0) is 21.3. The van der Waals surface area contributed by atoms with Gasteiger partial charge >= 0.3 is 0 Å². The topological polar surface area (TPSA) is 63.4 Å². The van der Waals surface area contributed by atoms with Gasteiger partial charge in [0.05, 0.1) is 13.2 Å². The minimum Gasteiger partial charge on any atom is -0.506 e. The number of rotatable bonds is 10. The van der Waals surface area contributed by atoms with Crippen molar-refractivity contribution in [1.82, 2.24) is 0 Å². The van der Waals surface area contributed by atoms with E-state index in [1.807, 2.05) is 30.3 Å². The average Bonchev–Trinajstić information content (AvgIpc) is 2.74. The number of unbranched alkanes of at least 4 members (excludes halogenated alkanes) is 2. The number of fused-ring (bicyclic) bond motifs is 1. The molecule has 0 unspecified atom stereocenters. The number of nitrogens with zero attached hydrogens (tertiary/aromatic N) is 2. The Morgan fingerprint density at radius 1 is 0.833 bits per heavy atom. The second-order valence-electron chi connectivity index (χ2n) is 7.01. The summed E-state index contributed by atoms with van der Waals surface area (Å²) < 4.78 is 11.9. The van der Waals surface area contributed by atoms with E-state index >= 15 is 0 Å². The van der Waals surface area contributed by atoms with Gasteiger partial charge in [0.2, 0.25) is 0 Å². The van der Waals surface area contributed by atoms with Crippen LogP contribution in [-0.2, 0) is 0 Å². The van der Waals surface area contributed by atoms with Gasteiger partial charge in [0.1, 0.15) is 11.4 Å². The minimum absolute atomic E-state index is 0.0633. The Bertz CT molecular complexity index is 989. The summed E-state index contributed by atoms with van der Waals surface area (Å²) in [5, 5.41) is 21.5. The summed E-state index contributed by atoms with van der Waals surface area (Å²) in [5.41, 5.74) is 0.876. The second-order valence-corrected chi connectivity index (χ2v) is 7.45. The van der Waals surface area contributed by atoms with Gasteiger partial charge in [-0.3, -0.25) is 0 Å². The standard InChI is InChI=1S/C24H27ClN2O3/c1-3-5-13-29-21-15-18(25)16-22(30-14-6-4-2)24(21)27-26-23-19-10-8-7-9-17(19)11-12-20(23)28/h7-12,15-16,28H,3-6,13-14H2,1-2H3. The quantitative estimate of drug-likeness (QED) is 0.264. The van der Waals surface area contributed by atoms with Crippen LogP contribution in [0, 0.1) is 0 Å². The van der Waals surface area contributed by atoms with E-state index in [0.717, 1.165) is 36.5 Å². The highest BCUT2D eigenvalue weighted by molar-refractivity contribution is 6.31. The highest BCUT2D eigenvalue weighted by Gasteiger charge is 2.15. The lowest BCUT2D eigenvalue weighted by molar-refractivity contribution is 0.296. The maximum Gasteiger partial charge on any atom is 0.169 e. The van der Waals surface area contributed by atoms with Crippen LogP contribution in [0.1, 0.15) is 39.5 Å². The first-order valence-corrected chi connectivity index (χ1v) is 10.7. The lowest BCUT2D eigenvalue weighted by Crippen LogP contribution is -2.00. The molecule has 6 heteroatoms. The molecule has 0 bridgehead atoms. The number of hydrogen-bond acceptors (Lipinski definition) is 5. The molecule has 0 spiro atoms. The summed E-state index contributed by atoms with van der Waals surface area (Å²) in [6.07, 6.45) is 3.86. The van der Waals surface area contributed by atoms with Crippen LogP contribution < -0.4 is 9.47 Å². The van der Waals surface area contributed by atoms with E-state index in [0.29, 0.717) is 41.1 Å². The predicted octanol–water partition coefficient (Wildman–Crippen LogP) is 7.97. The normalized spacial score (nSPS) is 11.3. The van der Waals surface area contributed by atoms with Gasteiger partial charge in [-0.1, -0.05) is 68.6 Å². The zero-order valence-corrected chi connectivity index (χ0v) is 18.2. The molecule has 3 aromatic rings. The Morgan fingerprint density at radius 3 is 2.07 bits per heavy atom. The van der Waals surface area contributed by atoms with Crippen molar-refractivity contribution >= 4 is 33.7 Å². The third-order valence-electron chi connectivity index (χ3n) is 4.64. The predicted molar refractivity (Wildman–Crippen MR) is 122 cm³/mol. The van der Waals surface area contributed by atoms with Gasteiger partial charge in [0.15, 0.2) is 17.2 Å². The molecule has 0 aliphatic rings. The minimum atomic E-state index is 0.0633. The molecule has 3 aromatic carbocycles. The number of ether oxygens (including phenoxy) is 2. The number of phenols is 1. The lowest BCUT2D eigenvalue weighted by Gasteiger charge is -2.14. The van der Waals surface area contributed by atoms with Crippen molar-refractivity contribution in [3.63, 3.8) is 0 Å². The number of halogens is 1. The lowest BCUT2D eigenvalue weighted by atomic mass is 10.1. The van der Waals surface area contributed by atoms with E-state index < -0.39 is 0 Å². The van der Waals surface area contributed by atoms with Crippen LogP contribution in [0.5, 0.6) is 17.2 Å². The van der Waals surface area contributed by atoms with Crippen molar-refractivity contribution in [2.24, 2.45) is 10.2 Å². The molecule has 1 N–H and O–H groups in total. The first kappa shape index (κ1) is 21.9. The first-order valence-electron chi connectivity index (χ1n) is 10.4. The Labute approximate surface area is 182 Å². The second kappa shape index (κ2) is 10.8. The number of aromatic hydroxyl groups is 1. The van der Waals surface area contributed by atoms with Crippen LogP contribution in [0.4, 0.5) is 11.4 Å². The molecule has 0 heterocycles. The number of hydrogen-bond donors (Lipinski definition) is 1. The molecule has 30 heavy (non-hydrogen) atoms. The van der Waals surface area contributed by atoms with Gasteiger partial charge in [0, 0.05) is 22.5 Å². The summed E-state index contributed by atoms with van der Waals surface area (Å²) in [7, 11) is 0. The van der Waals surface area contributed by atoms with Gasteiger partial charge in [0.25, 0.3) is 0 Å². The van der Waals surface area contributed by atoms with E-state index in [2.05, 4.69) is 24.1 Å². The summed E-state index contributed by atoms with van der Waals surface area (Å²) in [6, 6.07) is 14.6. The Hall–Kier alpha value is -2.79. The average molecular weight is 427 g/mol. The zero-order valence-electron chi connectivity index (χ0n) is 17.4. The Kier molecular flexibility index (Phi) is 7.91. The highest BCUT2D eigenvalue weighted by atomic mass is 35.5. The van der Waals surface area contributed by atoms with Crippen molar-refractivity contribution < 1.29 is 14.6 Å². The number of azo groups is 1. The first-order chi connectivity index (χ1) is 14.6. The molecule has 5 nitrogen and oxygen atoms in total. The highest BCUT2D eigenvalue weighted by Crippen LogP contribution is 2.43. The number of benzene rings is 3. The third kappa shape index (κ3) is 5.42. The number of phenolic OH excluding ortho intramolecular Hbond substituents is 1. The van der Waals surface area contributed by atoms with Crippen molar-refractivity contribution in [3.8, 4) is 17.2 Å². The summed E-state index contributed by atoms with van der Waals surface area (Å²) in [5.74, 6) is 1.10. The van der Waals surface area contributed by atoms with E-state index in [1.54, 1.807) is 18.2 Å². The molecular weight excluding hydrogens is 400 g/mol. The fourth-order valence-corrected chi connectivity index (χ4v) is 3.17. The molecule has 0 aromatic heterocycles. The fourth-order valence-electron chi connectivity index (χ4n) is 2.97. The molecule has 0 amide bonds. The molecule has 0 fully saturated rings. The summed E-state index contributed by atoms with van der Waals surface area (Å²) in [6.45, 7) is 5.30. The van der Waals surface area contributed by atoms with Crippen molar-refractivity contribution in [3.05, 3.63) is 53.6 Å². The SMILES string of the molecule is CCCCOc1cc(Cl)cc(OCCCC)c1N=Nc1c(O)ccc2ccccc12.